The first-order valence-electron chi connectivity index (χ1n) is 12.1. The van der Waals surface area contributed by atoms with Crippen LogP contribution < -0.4 is 21.1 Å². The van der Waals surface area contributed by atoms with Crippen molar-refractivity contribution in [2.45, 2.75) is 20.3 Å². The molecule has 3 heterocycles. The van der Waals surface area contributed by atoms with Crippen molar-refractivity contribution in [3.05, 3.63) is 88.0 Å². The van der Waals surface area contributed by atoms with E-state index < -0.39 is 5.91 Å². The highest BCUT2D eigenvalue weighted by Crippen LogP contribution is 2.34. The summed E-state index contributed by atoms with van der Waals surface area (Å²) in [6.07, 6.45) is 2.39. The Morgan fingerprint density at radius 2 is 1.73 bits per heavy atom. The number of hydrogen-bond donors (Lipinski definition) is 2. The Labute approximate surface area is 214 Å². The number of hydrogen-bond acceptors (Lipinski definition) is 4. The fraction of sp³-hybridized carbons (Fsp3) is 0.214. The van der Waals surface area contributed by atoms with Crippen LogP contribution in [-0.2, 0) is 13.5 Å². The highest BCUT2D eigenvalue weighted by molar-refractivity contribution is 6.07. The van der Waals surface area contributed by atoms with Gasteiger partial charge < -0.3 is 5.73 Å². The topological polar surface area (TPSA) is 117 Å². The molecule has 1 aliphatic heterocycles. The van der Waals surface area contributed by atoms with Gasteiger partial charge in [-0.1, -0.05) is 37.3 Å². The molecule has 1 fully saturated rings. The number of carbonyl (C=O) groups is 2. The van der Waals surface area contributed by atoms with Gasteiger partial charge in [-0.05, 0) is 54.3 Å². The minimum absolute atomic E-state index is 0.0656. The van der Waals surface area contributed by atoms with Crippen molar-refractivity contribution in [2.75, 3.05) is 22.9 Å². The molecule has 1 aliphatic rings. The van der Waals surface area contributed by atoms with Crippen LogP contribution in [0, 0.1) is 6.92 Å². The van der Waals surface area contributed by atoms with Crippen molar-refractivity contribution in [2.24, 2.45) is 12.8 Å². The number of carbonyl (C=O) groups excluding carboxylic acids is 2. The molecule has 5 rings (SSSR count). The van der Waals surface area contributed by atoms with Crippen molar-refractivity contribution in [1.29, 1.82) is 0 Å². The van der Waals surface area contributed by atoms with E-state index in [1.165, 1.54) is 4.68 Å². The summed E-state index contributed by atoms with van der Waals surface area (Å²) < 4.78 is 1.48. The molecule has 9 heteroatoms. The highest BCUT2D eigenvalue weighted by atomic mass is 16.2. The van der Waals surface area contributed by atoms with Crippen LogP contribution in [0.1, 0.15) is 28.5 Å². The molecular formula is C28H28N6O3. The molecule has 9 nitrogen and oxygen atoms in total. The molecule has 0 unspecified atom stereocenters. The molecule has 2 aromatic heterocycles. The van der Waals surface area contributed by atoms with Crippen molar-refractivity contribution in [3.63, 3.8) is 0 Å². The summed E-state index contributed by atoms with van der Waals surface area (Å²) in [5.41, 5.74) is 11.6. The highest BCUT2D eigenvalue weighted by Gasteiger charge is 2.33. The predicted octanol–water partition coefficient (Wildman–Crippen LogP) is 3.86. The van der Waals surface area contributed by atoms with Gasteiger partial charge in [-0.25, -0.2) is 9.78 Å². The van der Waals surface area contributed by atoms with Crippen molar-refractivity contribution < 1.29 is 9.59 Å². The first-order chi connectivity index (χ1) is 17.8. The Morgan fingerprint density at radius 1 is 1.03 bits per heavy atom. The first-order valence-corrected chi connectivity index (χ1v) is 12.1. The second-order valence-corrected chi connectivity index (χ2v) is 9.07. The van der Waals surface area contributed by atoms with Crippen LogP contribution in [-0.4, -0.2) is 39.8 Å². The van der Waals surface area contributed by atoms with E-state index in [2.05, 4.69) is 10.1 Å². The maximum Gasteiger partial charge on any atom is 0.330 e. The summed E-state index contributed by atoms with van der Waals surface area (Å²) in [5, 5.41) is 3.04. The van der Waals surface area contributed by atoms with Gasteiger partial charge >= 0.3 is 6.03 Å². The molecule has 0 bridgehead atoms. The smallest absolute Gasteiger partial charge is 0.330 e. The summed E-state index contributed by atoms with van der Waals surface area (Å²) >= 11 is 0. The molecule has 0 atom stereocenters. The predicted molar refractivity (Wildman–Crippen MR) is 144 cm³/mol. The normalized spacial score (nSPS) is 13.4. The van der Waals surface area contributed by atoms with Gasteiger partial charge in [-0.2, -0.15) is 0 Å². The number of benzene rings is 2. The standard InChI is InChI=1S/C28H28N6O3/c1-4-22-23(18-8-10-19(11-9-18)24-17(2)31-32(3)27(24)36)12-13-30-26(22)34-15-14-33(28(34)37)21-7-5-6-20(16-21)25(29)35/h5-13,16,31H,4,14-15H2,1-3H3,(H2,29,35). The number of H-pyrrole nitrogens is 1. The van der Waals surface area contributed by atoms with Crippen LogP contribution >= 0.6 is 0 Å². The average Bonchev–Trinajstić information content (AvgIpc) is 3.41. The van der Waals surface area contributed by atoms with Crippen molar-refractivity contribution >= 4 is 23.4 Å². The number of nitrogens with zero attached hydrogens (tertiary/aromatic N) is 4. The van der Waals surface area contributed by atoms with Crippen LogP contribution in [0.2, 0.25) is 0 Å². The zero-order valence-corrected chi connectivity index (χ0v) is 21.0. The number of nitrogens with one attached hydrogen (secondary N) is 1. The number of nitrogens with two attached hydrogens (primary N) is 1. The third-order valence-electron chi connectivity index (χ3n) is 6.81. The molecule has 188 valence electrons. The van der Waals surface area contributed by atoms with E-state index in [-0.39, 0.29) is 11.6 Å². The lowest BCUT2D eigenvalue weighted by atomic mass is 9.96. The van der Waals surface area contributed by atoms with Gasteiger partial charge in [0.05, 0.1) is 5.56 Å². The Bertz CT molecular complexity index is 1570. The van der Waals surface area contributed by atoms with E-state index in [0.29, 0.717) is 42.1 Å². The average molecular weight is 497 g/mol. The van der Waals surface area contributed by atoms with Gasteiger partial charge in [0.1, 0.15) is 5.82 Å². The number of primary amides is 1. The van der Waals surface area contributed by atoms with E-state index in [1.54, 1.807) is 47.3 Å². The lowest BCUT2D eigenvalue weighted by Crippen LogP contribution is -2.33. The number of aromatic amines is 1. The van der Waals surface area contributed by atoms with E-state index in [4.69, 9.17) is 5.73 Å². The van der Waals surface area contributed by atoms with Gasteiger partial charge in [0, 0.05) is 48.8 Å². The number of rotatable bonds is 6. The molecule has 3 N–H and O–H groups in total. The molecule has 0 radical (unpaired) electrons. The largest absolute Gasteiger partial charge is 0.366 e. The van der Waals surface area contributed by atoms with Crippen LogP contribution in [0.5, 0.6) is 0 Å². The van der Waals surface area contributed by atoms with Crippen LogP contribution in [0.25, 0.3) is 22.3 Å². The Hall–Kier alpha value is -4.66. The maximum absolute atomic E-state index is 13.4. The maximum atomic E-state index is 13.4. The molecular weight excluding hydrogens is 468 g/mol. The molecule has 2 aromatic carbocycles. The number of urea groups is 1. The van der Waals surface area contributed by atoms with Crippen molar-refractivity contribution in [3.8, 4) is 22.3 Å². The zero-order valence-electron chi connectivity index (χ0n) is 21.0. The van der Waals surface area contributed by atoms with E-state index in [1.807, 2.05) is 44.2 Å². The number of aromatic nitrogens is 3. The van der Waals surface area contributed by atoms with E-state index in [9.17, 15) is 14.4 Å². The fourth-order valence-electron chi connectivity index (χ4n) is 4.98. The molecule has 1 saturated heterocycles. The van der Waals surface area contributed by atoms with Gasteiger partial charge in [0.2, 0.25) is 5.91 Å². The van der Waals surface area contributed by atoms with E-state index >= 15 is 0 Å². The summed E-state index contributed by atoms with van der Waals surface area (Å²) in [5.74, 6) is 0.0871. The lowest BCUT2D eigenvalue weighted by molar-refractivity contribution is 0.1000. The van der Waals surface area contributed by atoms with Crippen LogP contribution in [0.15, 0.2) is 65.6 Å². The molecule has 0 saturated carbocycles. The zero-order chi connectivity index (χ0) is 26.3. The van der Waals surface area contributed by atoms with Gasteiger partial charge in [-0.15, -0.1) is 0 Å². The molecule has 0 spiro atoms. The minimum Gasteiger partial charge on any atom is -0.366 e. The van der Waals surface area contributed by atoms with Crippen LogP contribution in [0.4, 0.5) is 16.3 Å². The second-order valence-electron chi connectivity index (χ2n) is 9.07. The van der Waals surface area contributed by atoms with Crippen LogP contribution in [0.3, 0.4) is 0 Å². The monoisotopic (exact) mass is 496 g/mol. The summed E-state index contributed by atoms with van der Waals surface area (Å²) in [7, 11) is 1.70. The molecule has 4 aromatic rings. The summed E-state index contributed by atoms with van der Waals surface area (Å²) in [6, 6.07) is 16.4. The molecule has 3 amide bonds. The SMILES string of the molecule is CCc1c(-c2ccc(-c3c(C)[nH]n(C)c3=O)cc2)ccnc1N1CCN(c2cccc(C(N)=O)c2)C1=O. The third kappa shape index (κ3) is 4.18. The number of amides is 3. The number of aryl methyl sites for hydroxylation is 2. The Kier molecular flexibility index (Phi) is 6.12. The quantitative estimate of drug-likeness (QED) is 0.421. The second kappa shape index (κ2) is 9.42. The van der Waals surface area contributed by atoms with E-state index in [0.717, 1.165) is 27.9 Å². The Balaban J connectivity index is 1.47. The number of anilines is 2. The van der Waals surface area contributed by atoms with Gasteiger partial charge in [0.25, 0.3) is 5.56 Å². The molecule has 37 heavy (non-hydrogen) atoms. The van der Waals surface area contributed by atoms with Crippen molar-refractivity contribution in [1.82, 2.24) is 14.8 Å². The number of pyridine rings is 1. The Morgan fingerprint density at radius 3 is 2.38 bits per heavy atom. The fourth-order valence-corrected chi connectivity index (χ4v) is 4.98. The molecule has 0 aliphatic carbocycles. The van der Waals surface area contributed by atoms with Gasteiger partial charge in [-0.3, -0.25) is 29.2 Å². The summed E-state index contributed by atoms with van der Waals surface area (Å²) in [4.78, 5) is 45.5. The third-order valence-corrected chi connectivity index (χ3v) is 6.81. The van der Waals surface area contributed by atoms with Gasteiger partial charge in [0.15, 0.2) is 0 Å². The lowest BCUT2D eigenvalue weighted by Gasteiger charge is -2.22. The first kappa shape index (κ1) is 24.1. The summed E-state index contributed by atoms with van der Waals surface area (Å²) in [6.45, 7) is 4.86. The minimum atomic E-state index is -0.536.